The van der Waals surface area contributed by atoms with Crippen LogP contribution in [0.15, 0.2) is 0 Å². The maximum atomic E-state index is 12.0. The number of hydrogen-bond donors (Lipinski definition) is 6. The molecule has 1 aliphatic rings. The van der Waals surface area contributed by atoms with Crippen molar-refractivity contribution in [1.29, 1.82) is 0 Å². The summed E-state index contributed by atoms with van der Waals surface area (Å²) in [6.45, 7) is 0.0676. The summed E-state index contributed by atoms with van der Waals surface area (Å²) in [6.07, 6.45) is 3.55. The van der Waals surface area contributed by atoms with Gasteiger partial charge in [0.05, 0.1) is 6.04 Å². The number of nitrogens with two attached hydrogens (primary N) is 2. The van der Waals surface area contributed by atoms with Crippen LogP contribution in [0.3, 0.4) is 0 Å². The molecule has 26 heavy (non-hydrogen) atoms. The summed E-state index contributed by atoms with van der Waals surface area (Å²) in [5.41, 5.74) is 10.3. The maximum absolute atomic E-state index is 12.0. The van der Waals surface area contributed by atoms with Crippen LogP contribution in [0.5, 0.6) is 0 Å². The van der Waals surface area contributed by atoms with Crippen LogP contribution in [0, 0.1) is 11.8 Å². The van der Waals surface area contributed by atoms with Crippen molar-refractivity contribution in [3.63, 3.8) is 0 Å². The Morgan fingerprint density at radius 3 is 2.54 bits per heavy atom. The van der Waals surface area contributed by atoms with E-state index in [1.807, 2.05) is 0 Å². The fourth-order valence-corrected chi connectivity index (χ4v) is 3.67. The number of carbonyl (C=O) groups is 3. The van der Waals surface area contributed by atoms with Gasteiger partial charge in [-0.15, -0.1) is 0 Å². The number of rotatable bonds is 9. The van der Waals surface area contributed by atoms with E-state index in [0.29, 0.717) is 19.3 Å². The number of carboxylic acids is 1. The minimum Gasteiger partial charge on any atom is -0.480 e. The molecule has 4 atom stereocenters. The van der Waals surface area contributed by atoms with Crippen LogP contribution in [0.1, 0.15) is 32.1 Å². The second kappa shape index (κ2) is 10.3. The monoisotopic (exact) mass is 389 g/mol. The Balaban J connectivity index is 2.63. The molecule has 11 heteroatoms. The van der Waals surface area contributed by atoms with Gasteiger partial charge in [0.15, 0.2) is 5.12 Å². The van der Waals surface area contributed by atoms with Crippen molar-refractivity contribution in [2.45, 2.75) is 50.0 Å². The highest BCUT2D eigenvalue weighted by Gasteiger charge is 2.47. The highest BCUT2D eigenvalue weighted by Crippen LogP contribution is 2.38. The lowest BCUT2D eigenvalue weighted by Gasteiger charge is -2.41. The third-order valence-corrected chi connectivity index (χ3v) is 5.61. The molecule has 148 valence electrons. The van der Waals surface area contributed by atoms with Crippen LogP contribution in [0.2, 0.25) is 6.32 Å². The fourth-order valence-electron chi connectivity index (χ4n) is 3.33. The average molecular weight is 389 g/mol. The zero-order valence-corrected chi connectivity index (χ0v) is 15.7. The summed E-state index contributed by atoms with van der Waals surface area (Å²) in [4.78, 5) is 35.1. The van der Waals surface area contributed by atoms with Crippen molar-refractivity contribution in [2.24, 2.45) is 23.3 Å². The topological polar surface area (TPSA) is 176 Å². The maximum Gasteiger partial charge on any atom is 0.451 e. The molecule has 1 rings (SSSR count). The van der Waals surface area contributed by atoms with Crippen LogP contribution in [0.4, 0.5) is 0 Å². The van der Waals surface area contributed by atoms with Gasteiger partial charge in [-0.3, -0.25) is 14.4 Å². The first-order valence-corrected chi connectivity index (χ1v) is 9.81. The lowest BCUT2D eigenvalue weighted by Crippen LogP contribution is -2.60. The lowest BCUT2D eigenvalue weighted by molar-refractivity contribution is -0.148. The molecule has 0 aliphatic heterocycles. The Bertz CT molecular complexity index is 524. The van der Waals surface area contributed by atoms with Crippen LogP contribution < -0.4 is 16.8 Å². The van der Waals surface area contributed by atoms with Gasteiger partial charge in [-0.2, -0.15) is 0 Å². The van der Waals surface area contributed by atoms with E-state index in [0.717, 1.165) is 11.8 Å². The Morgan fingerprint density at radius 2 is 2.00 bits per heavy atom. The summed E-state index contributed by atoms with van der Waals surface area (Å²) in [6, 6.07) is -0.977. The molecule has 8 N–H and O–H groups in total. The molecular weight excluding hydrogens is 361 g/mol. The van der Waals surface area contributed by atoms with E-state index in [4.69, 9.17) is 21.5 Å². The van der Waals surface area contributed by atoms with Crippen molar-refractivity contribution >= 4 is 35.9 Å². The van der Waals surface area contributed by atoms with Gasteiger partial charge in [0.1, 0.15) is 5.54 Å². The molecule has 0 saturated heterocycles. The van der Waals surface area contributed by atoms with E-state index in [1.165, 1.54) is 0 Å². The molecular formula is C15H28BN3O6S. The van der Waals surface area contributed by atoms with E-state index in [2.05, 4.69) is 5.32 Å². The first-order valence-electron chi connectivity index (χ1n) is 8.58. The molecule has 1 saturated carbocycles. The van der Waals surface area contributed by atoms with Crippen molar-refractivity contribution in [2.75, 3.05) is 12.8 Å². The van der Waals surface area contributed by atoms with Crippen LogP contribution in [-0.2, 0) is 14.4 Å². The number of amides is 1. The second-order valence-corrected chi connectivity index (χ2v) is 7.74. The van der Waals surface area contributed by atoms with E-state index in [1.54, 1.807) is 6.26 Å². The number of aliphatic carboxylic acids is 1. The Morgan fingerprint density at radius 1 is 1.35 bits per heavy atom. The highest BCUT2D eigenvalue weighted by atomic mass is 32.2. The van der Waals surface area contributed by atoms with Crippen molar-refractivity contribution in [3.8, 4) is 0 Å². The van der Waals surface area contributed by atoms with Crippen LogP contribution >= 0.6 is 11.8 Å². The summed E-state index contributed by atoms with van der Waals surface area (Å²) in [5.74, 6) is -2.15. The van der Waals surface area contributed by atoms with Crippen molar-refractivity contribution < 1.29 is 29.5 Å². The largest absolute Gasteiger partial charge is 0.480 e. The summed E-state index contributed by atoms with van der Waals surface area (Å²) in [7, 11) is -1.42. The molecule has 0 unspecified atom stereocenters. The Hall–Kier alpha value is -1.14. The molecule has 0 radical (unpaired) electrons. The van der Waals surface area contributed by atoms with Gasteiger partial charge in [-0.25, -0.2) is 0 Å². The van der Waals surface area contributed by atoms with E-state index < -0.39 is 36.5 Å². The quantitative estimate of drug-likeness (QED) is 0.264. The van der Waals surface area contributed by atoms with Gasteiger partial charge in [0.2, 0.25) is 5.91 Å². The normalized spacial score (nSPS) is 26.8. The first-order chi connectivity index (χ1) is 12.1. The van der Waals surface area contributed by atoms with Gasteiger partial charge in [0.25, 0.3) is 0 Å². The Labute approximate surface area is 157 Å². The molecule has 9 nitrogen and oxygen atoms in total. The molecule has 0 bridgehead atoms. The molecule has 0 aromatic heterocycles. The van der Waals surface area contributed by atoms with Crippen LogP contribution in [-0.4, -0.2) is 63.6 Å². The van der Waals surface area contributed by atoms with Gasteiger partial charge < -0.3 is 31.9 Å². The van der Waals surface area contributed by atoms with Gasteiger partial charge in [-0.05, 0) is 37.8 Å². The molecule has 0 spiro atoms. The SMILES string of the molecule is CSC(=O)C[C@H](N)C(=O)NC[C@@H]1CC[C@@H](CCB(O)O)C[C@]1(N)C(=O)O. The number of thioether (sulfide) groups is 1. The minimum atomic E-state index is -1.50. The molecule has 0 aromatic rings. The molecule has 1 aliphatic carbocycles. The summed E-state index contributed by atoms with van der Waals surface area (Å²) >= 11 is 0.995. The summed E-state index contributed by atoms with van der Waals surface area (Å²) in [5, 5.41) is 29.9. The molecule has 1 amide bonds. The minimum absolute atomic E-state index is 0.0219. The van der Waals surface area contributed by atoms with E-state index in [-0.39, 0.29) is 36.7 Å². The van der Waals surface area contributed by atoms with Crippen molar-refractivity contribution in [3.05, 3.63) is 0 Å². The van der Waals surface area contributed by atoms with Crippen molar-refractivity contribution in [1.82, 2.24) is 5.32 Å². The van der Waals surface area contributed by atoms with Crippen LogP contribution in [0.25, 0.3) is 0 Å². The number of nitrogens with one attached hydrogen (secondary N) is 1. The van der Waals surface area contributed by atoms with Gasteiger partial charge in [-0.1, -0.05) is 18.2 Å². The standard InChI is InChI=1S/C15H28BN3O6S/c1-26-12(20)6-11(17)13(21)19-8-10-3-2-9(4-5-16(24)25)7-15(10,18)14(22)23/h9-11,24-25H,2-8,17-18H2,1H3,(H,19,21)(H,22,23)/t9-,10-,11-,15+/m0/s1. The predicted octanol–water partition coefficient (Wildman–Crippen LogP) is -1.23. The van der Waals surface area contributed by atoms with E-state index in [9.17, 15) is 19.5 Å². The lowest BCUT2D eigenvalue weighted by atomic mass is 9.66. The number of hydrogen-bond acceptors (Lipinski definition) is 8. The average Bonchev–Trinajstić information content (AvgIpc) is 2.58. The highest BCUT2D eigenvalue weighted by molar-refractivity contribution is 8.13. The predicted molar refractivity (Wildman–Crippen MR) is 99.1 cm³/mol. The third kappa shape index (κ3) is 6.55. The van der Waals surface area contributed by atoms with Gasteiger partial charge >= 0.3 is 13.1 Å². The van der Waals surface area contributed by atoms with E-state index >= 15 is 0 Å². The molecule has 1 fully saturated rings. The first kappa shape index (κ1) is 22.9. The molecule has 0 heterocycles. The number of carbonyl (C=O) groups excluding carboxylic acids is 2. The molecule has 0 aromatic carbocycles. The zero-order chi connectivity index (χ0) is 19.9. The Kier molecular flexibility index (Phi) is 9.04. The zero-order valence-electron chi connectivity index (χ0n) is 14.9. The summed E-state index contributed by atoms with van der Waals surface area (Å²) < 4.78 is 0. The third-order valence-electron chi connectivity index (χ3n) is 4.98. The smallest absolute Gasteiger partial charge is 0.451 e. The van der Waals surface area contributed by atoms with Gasteiger partial charge in [0, 0.05) is 18.9 Å². The number of carboxylic acid groups (broad SMARTS) is 1. The fraction of sp³-hybridized carbons (Fsp3) is 0.800. The second-order valence-electron chi connectivity index (χ2n) is 6.88.